The molecule has 0 bridgehead atoms. The van der Waals surface area contributed by atoms with E-state index in [0.717, 1.165) is 29.1 Å². The van der Waals surface area contributed by atoms with E-state index in [0.29, 0.717) is 45.1 Å². The summed E-state index contributed by atoms with van der Waals surface area (Å²) in [6.07, 6.45) is 0. The van der Waals surface area contributed by atoms with Gasteiger partial charge >= 0.3 is 6.03 Å². The van der Waals surface area contributed by atoms with Gasteiger partial charge in [0.1, 0.15) is 12.4 Å². The standard InChI is InChI=1S/C28H33FN4O3S/c1-22-4-2-5-25(18-22)30-28(35)32(12-11-31-13-15-36-16-14-31)21-27(34)33(20-26-6-3-17-37-26)19-23-7-9-24(29)10-8-23/h2-10,17-18H,11-16,19-21H2,1H3,(H,30,35). The molecular formula is C28H33FN4O3S. The molecule has 4 rings (SSSR count). The summed E-state index contributed by atoms with van der Waals surface area (Å²) in [5.74, 6) is -0.485. The van der Waals surface area contributed by atoms with Crippen molar-refractivity contribution in [3.8, 4) is 0 Å². The van der Waals surface area contributed by atoms with Crippen molar-refractivity contribution < 1.29 is 18.7 Å². The molecule has 0 spiro atoms. The van der Waals surface area contributed by atoms with Crippen LogP contribution in [0.25, 0.3) is 0 Å². The van der Waals surface area contributed by atoms with Gasteiger partial charge in [0.05, 0.1) is 19.8 Å². The number of morpholine rings is 1. The highest BCUT2D eigenvalue weighted by atomic mass is 32.1. The number of nitrogens with one attached hydrogen (secondary N) is 1. The van der Waals surface area contributed by atoms with E-state index in [1.807, 2.05) is 48.7 Å². The number of hydrogen-bond donors (Lipinski definition) is 1. The maximum absolute atomic E-state index is 13.6. The van der Waals surface area contributed by atoms with E-state index in [-0.39, 0.29) is 24.3 Å². The number of halogens is 1. The lowest BCUT2D eigenvalue weighted by molar-refractivity contribution is -0.133. The lowest BCUT2D eigenvalue weighted by Crippen LogP contribution is -2.48. The molecule has 7 nitrogen and oxygen atoms in total. The maximum atomic E-state index is 13.6. The smallest absolute Gasteiger partial charge is 0.322 e. The van der Waals surface area contributed by atoms with Crippen molar-refractivity contribution >= 4 is 29.0 Å². The fourth-order valence-corrected chi connectivity index (χ4v) is 4.88. The topological polar surface area (TPSA) is 65.1 Å². The molecule has 0 atom stereocenters. The fourth-order valence-electron chi connectivity index (χ4n) is 4.16. The number of carbonyl (C=O) groups is 2. The molecule has 1 fully saturated rings. The summed E-state index contributed by atoms with van der Waals surface area (Å²) >= 11 is 1.57. The quantitative estimate of drug-likeness (QED) is 0.421. The Balaban J connectivity index is 1.49. The maximum Gasteiger partial charge on any atom is 0.322 e. The van der Waals surface area contributed by atoms with Crippen molar-refractivity contribution in [3.63, 3.8) is 0 Å². The lowest BCUT2D eigenvalue weighted by Gasteiger charge is -2.31. The highest BCUT2D eigenvalue weighted by molar-refractivity contribution is 7.09. The third kappa shape index (κ3) is 8.38. The van der Waals surface area contributed by atoms with Crippen LogP contribution >= 0.6 is 11.3 Å². The minimum Gasteiger partial charge on any atom is -0.379 e. The second-order valence-corrected chi connectivity index (χ2v) is 10.2. The first-order valence-electron chi connectivity index (χ1n) is 12.4. The van der Waals surface area contributed by atoms with Gasteiger partial charge in [0.15, 0.2) is 0 Å². The van der Waals surface area contributed by atoms with Gasteiger partial charge in [-0.25, -0.2) is 9.18 Å². The lowest BCUT2D eigenvalue weighted by atomic mass is 10.2. The average molecular weight is 525 g/mol. The van der Waals surface area contributed by atoms with Crippen LogP contribution in [0.1, 0.15) is 16.0 Å². The summed E-state index contributed by atoms with van der Waals surface area (Å²) < 4.78 is 18.9. The van der Waals surface area contributed by atoms with Gasteiger partial charge in [0, 0.05) is 43.3 Å². The van der Waals surface area contributed by atoms with Gasteiger partial charge in [-0.3, -0.25) is 9.69 Å². The Labute approximate surface area is 221 Å². The van der Waals surface area contributed by atoms with Gasteiger partial charge in [-0.1, -0.05) is 30.3 Å². The fraction of sp³-hybridized carbons (Fsp3) is 0.357. The molecule has 3 amide bonds. The van der Waals surface area contributed by atoms with E-state index < -0.39 is 0 Å². The first-order valence-corrected chi connectivity index (χ1v) is 13.3. The van der Waals surface area contributed by atoms with Crippen molar-refractivity contribution in [3.05, 3.63) is 87.9 Å². The zero-order chi connectivity index (χ0) is 26.0. The molecule has 3 aromatic rings. The van der Waals surface area contributed by atoms with Gasteiger partial charge in [-0.05, 0) is 53.8 Å². The normalized spacial score (nSPS) is 13.8. The van der Waals surface area contributed by atoms with E-state index in [4.69, 9.17) is 4.74 Å². The molecule has 0 unspecified atom stereocenters. The molecule has 2 heterocycles. The third-order valence-electron chi connectivity index (χ3n) is 6.24. The van der Waals surface area contributed by atoms with E-state index in [1.54, 1.807) is 33.3 Å². The van der Waals surface area contributed by atoms with E-state index in [9.17, 15) is 14.0 Å². The molecule has 0 radical (unpaired) electrons. The van der Waals surface area contributed by atoms with E-state index >= 15 is 0 Å². The SMILES string of the molecule is Cc1cccc(NC(=O)N(CCN2CCOCC2)CC(=O)N(Cc2ccc(F)cc2)Cc2cccs2)c1. The molecule has 2 aromatic carbocycles. The second-order valence-electron chi connectivity index (χ2n) is 9.13. The molecule has 0 aliphatic carbocycles. The Morgan fingerprint density at radius 1 is 1.03 bits per heavy atom. The van der Waals surface area contributed by atoms with Gasteiger partial charge in [-0.15, -0.1) is 11.3 Å². The number of amides is 3. The van der Waals surface area contributed by atoms with Crippen molar-refractivity contribution in [1.29, 1.82) is 0 Å². The average Bonchev–Trinajstić information content (AvgIpc) is 3.41. The number of urea groups is 1. The molecule has 9 heteroatoms. The Bertz CT molecular complexity index is 1150. The van der Waals surface area contributed by atoms with Crippen LogP contribution in [0.2, 0.25) is 0 Å². The molecule has 37 heavy (non-hydrogen) atoms. The minimum absolute atomic E-state index is 0.0610. The molecule has 1 aromatic heterocycles. The number of thiophene rings is 1. The minimum atomic E-state index is -0.318. The highest BCUT2D eigenvalue weighted by Gasteiger charge is 2.23. The van der Waals surface area contributed by atoms with Gasteiger partial charge in [0.2, 0.25) is 5.91 Å². The highest BCUT2D eigenvalue weighted by Crippen LogP contribution is 2.16. The Hall–Kier alpha value is -3.27. The first-order chi connectivity index (χ1) is 18.0. The number of ether oxygens (including phenoxy) is 1. The largest absolute Gasteiger partial charge is 0.379 e. The second kappa shape index (κ2) is 13.3. The van der Waals surface area contributed by atoms with Crippen molar-refractivity contribution in [1.82, 2.24) is 14.7 Å². The predicted molar refractivity (Wildman–Crippen MR) is 144 cm³/mol. The van der Waals surface area contributed by atoms with Crippen molar-refractivity contribution in [2.24, 2.45) is 0 Å². The Kier molecular flexibility index (Phi) is 9.65. The first kappa shape index (κ1) is 26.8. The molecule has 1 saturated heterocycles. The predicted octanol–water partition coefficient (Wildman–Crippen LogP) is 4.59. The number of rotatable bonds is 10. The van der Waals surface area contributed by atoms with Crippen LogP contribution in [0.3, 0.4) is 0 Å². The van der Waals surface area contributed by atoms with Crippen LogP contribution in [-0.4, -0.2) is 72.6 Å². The van der Waals surface area contributed by atoms with Gasteiger partial charge in [-0.2, -0.15) is 0 Å². The van der Waals surface area contributed by atoms with Crippen LogP contribution < -0.4 is 5.32 Å². The summed E-state index contributed by atoms with van der Waals surface area (Å²) in [6.45, 7) is 6.65. The zero-order valence-electron chi connectivity index (χ0n) is 21.1. The Morgan fingerprint density at radius 3 is 2.51 bits per heavy atom. The van der Waals surface area contributed by atoms with E-state index in [2.05, 4.69) is 10.2 Å². The molecule has 0 saturated carbocycles. The number of nitrogens with zero attached hydrogens (tertiary/aromatic N) is 3. The van der Waals surface area contributed by atoms with Crippen LogP contribution in [-0.2, 0) is 22.6 Å². The molecule has 1 aliphatic rings. The Morgan fingerprint density at radius 2 is 1.81 bits per heavy atom. The molecule has 1 N–H and O–H groups in total. The summed E-state index contributed by atoms with van der Waals surface area (Å²) in [5, 5.41) is 4.92. The number of aryl methyl sites for hydroxylation is 1. The third-order valence-corrected chi connectivity index (χ3v) is 7.10. The summed E-state index contributed by atoms with van der Waals surface area (Å²) in [4.78, 5) is 33.5. The summed E-state index contributed by atoms with van der Waals surface area (Å²) in [6, 6.07) is 17.4. The molecule has 1 aliphatic heterocycles. The van der Waals surface area contributed by atoms with Crippen LogP contribution in [0.4, 0.5) is 14.9 Å². The van der Waals surface area contributed by atoms with Crippen LogP contribution in [0.15, 0.2) is 66.0 Å². The zero-order valence-corrected chi connectivity index (χ0v) is 21.9. The van der Waals surface area contributed by atoms with Crippen LogP contribution in [0, 0.1) is 12.7 Å². The van der Waals surface area contributed by atoms with Gasteiger partial charge < -0.3 is 19.9 Å². The molecular weight excluding hydrogens is 491 g/mol. The monoisotopic (exact) mass is 524 g/mol. The number of anilines is 1. The van der Waals surface area contributed by atoms with Gasteiger partial charge in [0.25, 0.3) is 0 Å². The van der Waals surface area contributed by atoms with E-state index in [1.165, 1.54) is 12.1 Å². The summed E-state index contributed by atoms with van der Waals surface area (Å²) in [5.41, 5.74) is 2.56. The number of carbonyl (C=O) groups excluding carboxylic acids is 2. The summed E-state index contributed by atoms with van der Waals surface area (Å²) in [7, 11) is 0. The number of benzene rings is 2. The molecule has 196 valence electrons. The van der Waals surface area contributed by atoms with Crippen LogP contribution in [0.5, 0.6) is 0 Å². The van der Waals surface area contributed by atoms with Crippen molar-refractivity contribution in [2.75, 3.05) is 51.3 Å². The number of hydrogen-bond acceptors (Lipinski definition) is 5. The van der Waals surface area contributed by atoms with Crippen molar-refractivity contribution in [2.45, 2.75) is 20.0 Å².